The molecule has 0 aliphatic rings. The summed E-state index contributed by atoms with van der Waals surface area (Å²) in [6, 6.07) is 0. The fraction of sp³-hybridized carbons (Fsp3) is 0.556. The molecule has 20 heteroatoms. The molecule has 0 aliphatic heterocycles. The number of nitrogens with zero attached hydrogens (tertiary/aromatic N) is 2. The number of nitrogens with two attached hydrogens (primary N) is 2. The quantitative estimate of drug-likeness (QED) is 0.103. The third kappa shape index (κ3) is 69.7. The lowest BCUT2D eigenvalue weighted by atomic mass is 10.4. The van der Waals surface area contributed by atoms with Crippen LogP contribution in [0.2, 0.25) is 0 Å². The Morgan fingerprint density at radius 1 is 0.500 bits per heavy atom. The first-order valence-electron chi connectivity index (χ1n) is 9.69. The molecule has 222 valence electrons. The molecule has 0 unspecified atom stereocenters. The van der Waals surface area contributed by atoms with Gasteiger partial charge >= 0.3 is 29.8 Å². The van der Waals surface area contributed by atoms with Gasteiger partial charge in [-0.3, -0.25) is 43.4 Å². The molecule has 0 rings (SSSR count). The van der Waals surface area contributed by atoms with Crippen LogP contribution in [-0.2, 0) is 38.4 Å². The summed E-state index contributed by atoms with van der Waals surface area (Å²) in [6.07, 6.45) is -1.23. The summed E-state index contributed by atoms with van der Waals surface area (Å²) in [5, 5.41) is 64.5. The van der Waals surface area contributed by atoms with Crippen molar-refractivity contribution >= 4 is 47.8 Å². The van der Waals surface area contributed by atoms with Crippen LogP contribution in [0.25, 0.3) is 0 Å². The van der Waals surface area contributed by atoms with Crippen molar-refractivity contribution in [2.75, 3.05) is 39.3 Å². The molecule has 0 saturated carbocycles. The topological polar surface area (TPSA) is 357 Å². The number of rotatable bonds is 12. The van der Waals surface area contributed by atoms with Gasteiger partial charge < -0.3 is 52.3 Å². The van der Waals surface area contributed by atoms with Crippen molar-refractivity contribution in [1.82, 2.24) is 9.80 Å². The molecule has 12 N–H and O–H groups in total. The van der Waals surface area contributed by atoms with Gasteiger partial charge in [0.25, 0.3) is 17.9 Å². The second-order valence-corrected chi connectivity index (χ2v) is 6.42. The van der Waals surface area contributed by atoms with Gasteiger partial charge in [0.1, 0.15) is 0 Å². The van der Waals surface area contributed by atoms with E-state index in [4.69, 9.17) is 55.2 Å². The number of hydrogen-bond acceptors (Lipinski definition) is 12. The van der Waals surface area contributed by atoms with E-state index < -0.39 is 80.1 Å². The summed E-state index contributed by atoms with van der Waals surface area (Å²) in [6.45, 7) is 0.999. The molecule has 0 spiro atoms. The number of carboxylic acids is 8. The van der Waals surface area contributed by atoms with Crippen molar-refractivity contribution in [2.45, 2.75) is 26.9 Å². The Morgan fingerprint density at radius 2 is 0.632 bits per heavy atom. The van der Waals surface area contributed by atoms with Gasteiger partial charge in [0.2, 0.25) is 0 Å². The smallest absolute Gasteiger partial charge is 0.335 e. The summed E-state index contributed by atoms with van der Waals surface area (Å²) < 4.78 is 0. The number of aliphatic carboxylic acids is 8. The molecule has 38 heavy (non-hydrogen) atoms. The zero-order valence-electron chi connectivity index (χ0n) is 20.7. The molecule has 0 aliphatic carbocycles. The maximum Gasteiger partial charge on any atom is 0.335 e. The fourth-order valence-electron chi connectivity index (χ4n) is 1.48. The van der Waals surface area contributed by atoms with E-state index in [0.29, 0.717) is 0 Å². The average molecular weight is 562 g/mol. The van der Waals surface area contributed by atoms with Crippen LogP contribution in [0.4, 0.5) is 0 Å². The molecular weight excluding hydrogens is 528 g/mol. The zero-order valence-corrected chi connectivity index (χ0v) is 20.7. The van der Waals surface area contributed by atoms with Gasteiger partial charge in [0, 0.05) is 33.9 Å². The maximum atomic E-state index is 10.6. The minimum absolute atomic E-state index is 0.0703. The molecule has 0 aromatic carbocycles. The van der Waals surface area contributed by atoms with Crippen LogP contribution in [0.5, 0.6) is 0 Å². The van der Waals surface area contributed by atoms with E-state index >= 15 is 0 Å². The van der Waals surface area contributed by atoms with Crippen LogP contribution < -0.4 is 11.5 Å². The van der Waals surface area contributed by atoms with Crippen molar-refractivity contribution < 1.29 is 79.2 Å². The monoisotopic (exact) mass is 562 g/mol. The number of carbonyl (C=O) groups is 8. The van der Waals surface area contributed by atoms with E-state index in [1.807, 2.05) is 0 Å². The molecule has 0 heterocycles. The van der Waals surface area contributed by atoms with Gasteiger partial charge in [-0.25, -0.2) is 4.79 Å². The highest BCUT2D eigenvalue weighted by Gasteiger charge is 2.18. The highest BCUT2D eigenvalue weighted by molar-refractivity contribution is 5.73. The minimum atomic E-state index is -1.23. The Balaban J connectivity index is -0.000000162. The predicted octanol–water partition coefficient (Wildman–Crippen LogP) is -3.48. The zero-order chi connectivity index (χ0) is 31.6. The molecule has 0 aromatic heterocycles. The molecule has 0 radical (unpaired) electrons. The molecular formula is C18H34N4O16. The van der Waals surface area contributed by atoms with E-state index in [-0.39, 0.29) is 13.1 Å². The largest absolute Gasteiger partial charge is 0.481 e. The van der Waals surface area contributed by atoms with Gasteiger partial charge in [-0.15, -0.1) is 0 Å². The van der Waals surface area contributed by atoms with Crippen LogP contribution >= 0.6 is 0 Å². The van der Waals surface area contributed by atoms with Crippen LogP contribution in [0.15, 0.2) is 0 Å². The Kier molecular flexibility index (Phi) is 31.2. The first-order valence-corrected chi connectivity index (χ1v) is 9.69. The molecule has 0 bridgehead atoms. The summed E-state index contributed by atoms with van der Waals surface area (Å²) in [7, 11) is 0. The first-order chi connectivity index (χ1) is 17.0. The molecule has 0 aromatic rings. The lowest BCUT2D eigenvalue weighted by Crippen LogP contribution is -2.43. The molecule has 0 amide bonds. The van der Waals surface area contributed by atoms with Crippen LogP contribution in [0.3, 0.4) is 0 Å². The Bertz CT molecular complexity index is 663. The lowest BCUT2D eigenvalue weighted by molar-refractivity contribution is -0.145. The van der Waals surface area contributed by atoms with E-state index in [0.717, 1.165) is 30.6 Å². The summed E-state index contributed by atoms with van der Waals surface area (Å²) in [5.74, 6) is -8.60. The van der Waals surface area contributed by atoms with Crippen LogP contribution in [0.1, 0.15) is 20.8 Å². The third-order valence-electron chi connectivity index (χ3n) is 2.45. The van der Waals surface area contributed by atoms with E-state index in [1.165, 1.54) is 0 Å². The lowest BCUT2D eigenvalue weighted by Gasteiger charge is -2.23. The van der Waals surface area contributed by atoms with Gasteiger partial charge in [-0.2, -0.15) is 0 Å². The second-order valence-electron chi connectivity index (χ2n) is 6.42. The third-order valence-corrected chi connectivity index (χ3v) is 2.45. The molecule has 0 atom stereocenters. The Labute approximate surface area is 215 Å². The summed E-state index contributed by atoms with van der Waals surface area (Å²) in [5.41, 5.74) is 9.23. The normalized spacial score (nSPS) is 9.05. The Morgan fingerprint density at radius 3 is 0.711 bits per heavy atom. The molecule has 0 saturated heterocycles. The maximum absolute atomic E-state index is 10.6. The van der Waals surface area contributed by atoms with E-state index in [1.54, 1.807) is 0 Å². The van der Waals surface area contributed by atoms with Crippen molar-refractivity contribution in [3.63, 3.8) is 0 Å². The summed E-state index contributed by atoms with van der Waals surface area (Å²) >= 11 is 0. The van der Waals surface area contributed by atoms with E-state index in [2.05, 4.69) is 11.5 Å². The van der Waals surface area contributed by atoms with Gasteiger partial charge in [-0.05, 0) is 0 Å². The fourth-order valence-corrected chi connectivity index (χ4v) is 1.48. The minimum Gasteiger partial charge on any atom is -0.481 e. The predicted molar refractivity (Wildman–Crippen MR) is 123 cm³/mol. The highest BCUT2D eigenvalue weighted by atomic mass is 16.4. The molecule has 0 fully saturated rings. The summed E-state index contributed by atoms with van der Waals surface area (Å²) in [4.78, 5) is 80.8. The van der Waals surface area contributed by atoms with Crippen molar-refractivity contribution in [2.24, 2.45) is 11.5 Å². The van der Waals surface area contributed by atoms with Crippen molar-refractivity contribution in [3.05, 3.63) is 0 Å². The number of carboxylic acid groups (broad SMARTS) is 8. The van der Waals surface area contributed by atoms with Gasteiger partial charge in [-0.1, -0.05) is 0 Å². The van der Waals surface area contributed by atoms with Crippen molar-refractivity contribution in [1.29, 1.82) is 0 Å². The van der Waals surface area contributed by atoms with Crippen LogP contribution in [-0.4, -0.2) is 144 Å². The van der Waals surface area contributed by atoms with Gasteiger partial charge in [0.15, 0.2) is 6.17 Å². The number of hydrogen-bond donors (Lipinski definition) is 10. The molecule has 20 nitrogen and oxygen atoms in total. The first kappa shape index (κ1) is 43.7. The van der Waals surface area contributed by atoms with E-state index in [9.17, 15) is 24.0 Å². The standard InChI is InChI=1S/C10H16N2O8.C2H6N2O2.3C2H4O2/c13-7(14)3-11(4-8(15)16)1-2-12(5-9(17)18)6-10(19)20;3-1(4)2(5)6;3*1-2(3)4/h1-6H2,(H,13,14)(H,15,16)(H,17,18)(H,19,20);1H,3-4H2,(H,5,6);3*1H3,(H,3,4). The van der Waals surface area contributed by atoms with Crippen LogP contribution in [0, 0.1) is 0 Å². The highest BCUT2D eigenvalue weighted by Crippen LogP contribution is 1.94. The second kappa shape index (κ2) is 27.2. The Hall–Kier alpha value is -4.40. The van der Waals surface area contributed by atoms with Crippen molar-refractivity contribution in [3.8, 4) is 0 Å². The SMILES string of the molecule is CC(=O)O.CC(=O)O.CC(=O)O.NC(N)C(=O)O.O=C(O)CN(CCN(CC(=O)O)CC(=O)O)CC(=O)O. The average Bonchev–Trinajstić information content (AvgIpc) is 2.63. The van der Waals surface area contributed by atoms with Gasteiger partial charge in [0.05, 0.1) is 26.2 Å².